The normalized spacial score (nSPS) is 14.6. The number of furan rings is 1. The SMILES string of the molecule is O=C1c2nc[nH]c2C(=O)N1Cc1ccco1. The maximum atomic E-state index is 11.8. The summed E-state index contributed by atoms with van der Waals surface area (Å²) in [5.41, 5.74) is 0.424. The van der Waals surface area contributed by atoms with E-state index in [1.807, 2.05) is 0 Å². The minimum atomic E-state index is -0.391. The number of amides is 2. The van der Waals surface area contributed by atoms with Crippen LogP contribution in [-0.4, -0.2) is 26.7 Å². The molecule has 0 bridgehead atoms. The summed E-state index contributed by atoms with van der Waals surface area (Å²) < 4.78 is 5.09. The largest absolute Gasteiger partial charge is 0.467 e. The first-order valence-electron chi connectivity index (χ1n) is 4.69. The summed E-state index contributed by atoms with van der Waals surface area (Å²) in [5.74, 6) is -0.196. The number of hydrogen-bond acceptors (Lipinski definition) is 4. The lowest BCUT2D eigenvalue weighted by Gasteiger charge is -2.10. The quantitative estimate of drug-likeness (QED) is 0.754. The van der Waals surface area contributed by atoms with E-state index in [1.54, 1.807) is 12.1 Å². The molecule has 0 spiro atoms. The van der Waals surface area contributed by atoms with Gasteiger partial charge in [-0.1, -0.05) is 0 Å². The van der Waals surface area contributed by atoms with Gasteiger partial charge in [-0.05, 0) is 12.1 Å². The van der Waals surface area contributed by atoms with Gasteiger partial charge < -0.3 is 9.40 Å². The van der Waals surface area contributed by atoms with Crippen LogP contribution in [0.5, 0.6) is 0 Å². The van der Waals surface area contributed by atoms with Crippen LogP contribution in [0.15, 0.2) is 29.1 Å². The molecule has 0 unspecified atom stereocenters. The fourth-order valence-corrected chi connectivity index (χ4v) is 1.68. The molecule has 0 aromatic carbocycles. The third-order valence-electron chi connectivity index (χ3n) is 2.44. The van der Waals surface area contributed by atoms with Crippen LogP contribution in [0.4, 0.5) is 0 Å². The van der Waals surface area contributed by atoms with E-state index in [2.05, 4.69) is 9.97 Å². The lowest BCUT2D eigenvalue weighted by molar-refractivity contribution is 0.0626. The van der Waals surface area contributed by atoms with Crippen LogP contribution in [-0.2, 0) is 6.54 Å². The van der Waals surface area contributed by atoms with Gasteiger partial charge in [0.2, 0.25) is 0 Å². The van der Waals surface area contributed by atoms with Crippen molar-refractivity contribution in [3.63, 3.8) is 0 Å². The average molecular weight is 217 g/mol. The zero-order valence-electron chi connectivity index (χ0n) is 8.14. The van der Waals surface area contributed by atoms with Gasteiger partial charge in [0.25, 0.3) is 11.8 Å². The van der Waals surface area contributed by atoms with Crippen molar-refractivity contribution < 1.29 is 14.0 Å². The summed E-state index contributed by atoms with van der Waals surface area (Å²) in [4.78, 5) is 31.1. The first kappa shape index (κ1) is 8.90. The number of imidazole rings is 1. The van der Waals surface area contributed by atoms with Crippen LogP contribution in [0.2, 0.25) is 0 Å². The lowest BCUT2D eigenvalue weighted by atomic mass is 10.4. The van der Waals surface area contributed by atoms with E-state index in [0.29, 0.717) is 5.76 Å². The molecule has 0 saturated carbocycles. The highest BCUT2D eigenvalue weighted by atomic mass is 16.3. The van der Waals surface area contributed by atoms with Crippen LogP contribution < -0.4 is 0 Å². The van der Waals surface area contributed by atoms with Crippen LogP contribution in [0.25, 0.3) is 0 Å². The Hall–Kier alpha value is -2.37. The average Bonchev–Trinajstić information content (AvgIpc) is 2.97. The van der Waals surface area contributed by atoms with Crippen molar-refractivity contribution in [2.75, 3.05) is 0 Å². The number of aromatic nitrogens is 2. The summed E-state index contributed by atoms with van der Waals surface area (Å²) in [5, 5.41) is 0. The molecule has 0 fully saturated rings. The predicted octanol–water partition coefficient (Wildman–Crippen LogP) is 0.799. The number of carbonyl (C=O) groups is 2. The molecule has 1 N–H and O–H groups in total. The topological polar surface area (TPSA) is 79.2 Å². The van der Waals surface area contributed by atoms with Crippen molar-refractivity contribution >= 4 is 11.8 Å². The summed E-state index contributed by atoms with van der Waals surface area (Å²) in [6, 6.07) is 3.42. The molecule has 0 aliphatic carbocycles. The van der Waals surface area contributed by atoms with E-state index in [9.17, 15) is 9.59 Å². The molecule has 2 amide bonds. The second-order valence-electron chi connectivity index (χ2n) is 3.40. The number of hydrogen-bond donors (Lipinski definition) is 1. The minimum absolute atomic E-state index is 0.134. The van der Waals surface area contributed by atoms with Gasteiger partial charge >= 0.3 is 0 Å². The van der Waals surface area contributed by atoms with Crippen molar-refractivity contribution in [3.8, 4) is 0 Å². The molecule has 80 valence electrons. The van der Waals surface area contributed by atoms with Crippen molar-refractivity contribution in [2.45, 2.75) is 6.54 Å². The Bertz CT molecular complexity index is 525. The monoisotopic (exact) mass is 217 g/mol. The molecule has 0 atom stereocenters. The molecule has 6 nitrogen and oxygen atoms in total. The van der Waals surface area contributed by atoms with Gasteiger partial charge in [0.05, 0.1) is 19.1 Å². The Morgan fingerprint density at radius 2 is 2.25 bits per heavy atom. The smallest absolute Gasteiger partial charge is 0.282 e. The number of aromatic amines is 1. The molecule has 16 heavy (non-hydrogen) atoms. The molecule has 2 aromatic rings. The minimum Gasteiger partial charge on any atom is -0.467 e. The van der Waals surface area contributed by atoms with Crippen LogP contribution in [0.3, 0.4) is 0 Å². The van der Waals surface area contributed by atoms with Crippen LogP contribution >= 0.6 is 0 Å². The van der Waals surface area contributed by atoms with E-state index in [-0.39, 0.29) is 23.8 Å². The van der Waals surface area contributed by atoms with E-state index in [0.717, 1.165) is 4.90 Å². The number of rotatable bonds is 2. The summed E-state index contributed by atoms with van der Waals surface area (Å²) in [7, 11) is 0. The maximum Gasteiger partial charge on any atom is 0.282 e. The summed E-state index contributed by atoms with van der Waals surface area (Å²) >= 11 is 0. The highest BCUT2D eigenvalue weighted by Crippen LogP contribution is 2.21. The number of carbonyl (C=O) groups excluding carboxylic acids is 2. The van der Waals surface area contributed by atoms with E-state index < -0.39 is 5.91 Å². The molecule has 6 heteroatoms. The third-order valence-corrected chi connectivity index (χ3v) is 2.44. The summed E-state index contributed by atoms with van der Waals surface area (Å²) in [6.07, 6.45) is 2.84. The fourth-order valence-electron chi connectivity index (χ4n) is 1.68. The second-order valence-corrected chi connectivity index (χ2v) is 3.40. The van der Waals surface area contributed by atoms with Gasteiger partial charge in [0.1, 0.15) is 11.5 Å². The van der Waals surface area contributed by atoms with Crippen molar-refractivity contribution in [2.24, 2.45) is 0 Å². The number of nitrogens with one attached hydrogen (secondary N) is 1. The number of fused-ring (bicyclic) bond motifs is 1. The lowest BCUT2D eigenvalue weighted by Crippen LogP contribution is -2.29. The Balaban J connectivity index is 1.92. The van der Waals surface area contributed by atoms with E-state index in [4.69, 9.17) is 4.42 Å². The molecule has 0 radical (unpaired) electrons. The Morgan fingerprint density at radius 3 is 2.94 bits per heavy atom. The zero-order valence-corrected chi connectivity index (χ0v) is 8.14. The molecule has 1 aliphatic rings. The first-order chi connectivity index (χ1) is 7.77. The number of nitrogens with zero attached hydrogens (tertiary/aromatic N) is 2. The highest BCUT2D eigenvalue weighted by molar-refractivity contribution is 6.19. The first-order valence-corrected chi connectivity index (χ1v) is 4.69. The predicted molar refractivity (Wildman–Crippen MR) is 51.5 cm³/mol. The molecular weight excluding hydrogens is 210 g/mol. The van der Waals surface area contributed by atoms with Gasteiger partial charge in [0.15, 0.2) is 5.69 Å². The van der Waals surface area contributed by atoms with Crippen molar-refractivity contribution in [1.82, 2.24) is 14.9 Å². The maximum absolute atomic E-state index is 11.8. The zero-order chi connectivity index (χ0) is 11.1. The molecular formula is C10H7N3O3. The Morgan fingerprint density at radius 1 is 1.38 bits per heavy atom. The Labute approximate surface area is 89.9 Å². The van der Waals surface area contributed by atoms with Gasteiger partial charge in [0, 0.05) is 0 Å². The molecule has 1 aliphatic heterocycles. The van der Waals surface area contributed by atoms with Gasteiger partial charge in [-0.15, -0.1) is 0 Å². The third kappa shape index (κ3) is 1.10. The van der Waals surface area contributed by atoms with Crippen molar-refractivity contribution in [3.05, 3.63) is 41.9 Å². The van der Waals surface area contributed by atoms with Crippen LogP contribution in [0.1, 0.15) is 26.7 Å². The number of imide groups is 1. The van der Waals surface area contributed by atoms with E-state index in [1.165, 1.54) is 12.6 Å². The summed E-state index contributed by atoms with van der Waals surface area (Å²) in [6.45, 7) is 0.134. The standard InChI is InChI=1S/C10H7N3O3/c14-9-7-8(12-5-11-7)10(15)13(9)4-6-2-1-3-16-6/h1-3,5H,4H2,(H,11,12). The van der Waals surface area contributed by atoms with Crippen molar-refractivity contribution in [1.29, 1.82) is 0 Å². The van der Waals surface area contributed by atoms with Crippen LogP contribution in [0, 0.1) is 0 Å². The molecule has 2 aromatic heterocycles. The number of H-pyrrole nitrogens is 1. The van der Waals surface area contributed by atoms with Gasteiger partial charge in [-0.3, -0.25) is 14.5 Å². The molecule has 3 heterocycles. The van der Waals surface area contributed by atoms with Gasteiger partial charge in [-0.2, -0.15) is 0 Å². The van der Waals surface area contributed by atoms with E-state index >= 15 is 0 Å². The highest BCUT2D eigenvalue weighted by Gasteiger charge is 2.38. The van der Waals surface area contributed by atoms with Gasteiger partial charge in [-0.25, -0.2) is 4.98 Å². The second kappa shape index (κ2) is 3.06. The Kier molecular flexibility index (Phi) is 1.70. The molecule has 3 rings (SSSR count). The molecule has 0 saturated heterocycles. The fraction of sp³-hybridized carbons (Fsp3) is 0.100.